The van der Waals surface area contributed by atoms with Crippen LogP contribution in [0.3, 0.4) is 0 Å². The molecule has 2 rings (SSSR count). The molecule has 0 aromatic carbocycles. The summed E-state index contributed by atoms with van der Waals surface area (Å²) in [6.07, 6.45) is 0.352. The lowest BCUT2D eigenvalue weighted by Crippen LogP contribution is -2.17. The van der Waals surface area contributed by atoms with Gasteiger partial charge < -0.3 is 10.5 Å². The number of hydrogen-bond donors (Lipinski definition) is 1. The fraction of sp³-hybridized carbons (Fsp3) is 0.300. The van der Waals surface area contributed by atoms with E-state index in [0.29, 0.717) is 0 Å². The molecule has 0 aliphatic rings. The van der Waals surface area contributed by atoms with Crippen molar-refractivity contribution < 1.29 is 23.2 Å². The third-order valence-electron chi connectivity index (χ3n) is 2.71. The lowest BCUT2D eigenvalue weighted by Gasteiger charge is -2.04. The van der Waals surface area contributed by atoms with Crippen LogP contribution < -0.4 is 10.5 Å². The molecule has 2 aromatic rings. The minimum atomic E-state index is -3.15. The normalized spacial score (nSPS) is 11.0. The molecule has 2 heterocycles. The Balaban J connectivity index is 2.59. The molecule has 0 saturated heterocycles. The van der Waals surface area contributed by atoms with Crippen molar-refractivity contribution in [1.82, 2.24) is 19.6 Å². The summed E-state index contributed by atoms with van der Waals surface area (Å²) in [6.45, 7) is -3.15. The van der Waals surface area contributed by atoms with Gasteiger partial charge in [0.2, 0.25) is 11.8 Å². The van der Waals surface area contributed by atoms with Crippen molar-refractivity contribution in [3.63, 3.8) is 0 Å². The molecule has 1 amide bonds. The number of halogens is 3. The first-order valence-corrected chi connectivity index (χ1v) is 6.27. The fourth-order valence-corrected chi connectivity index (χ4v) is 2.13. The molecule has 10 nitrogen and oxygen atoms in total. The number of alkyl halides is 2. The van der Waals surface area contributed by atoms with Crippen LogP contribution in [0.2, 0.25) is 5.02 Å². The van der Waals surface area contributed by atoms with E-state index in [1.165, 1.54) is 7.05 Å². The molecule has 0 unspecified atom stereocenters. The molecule has 0 spiro atoms. The first kappa shape index (κ1) is 16.6. The zero-order chi connectivity index (χ0) is 17.3. The summed E-state index contributed by atoms with van der Waals surface area (Å²) < 4.78 is 30.7. The van der Waals surface area contributed by atoms with Crippen molar-refractivity contribution >= 4 is 23.2 Å². The maximum atomic E-state index is 12.4. The number of ether oxygens (including phenoxy) is 1. The van der Waals surface area contributed by atoms with E-state index in [2.05, 4.69) is 14.9 Å². The third-order valence-corrected chi connectivity index (χ3v) is 3.04. The van der Waals surface area contributed by atoms with Gasteiger partial charge in [-0.15, -0.1) is 5.10 Å². The molecule has 23 heavy (non-hydrogen) atoms. The summed E-state index contributed by atoms with van der Waals surface area (Å²) in [7, 11) is 1.28. The van der Waals surface area contributed by atoms with E-state index >= 15 is 0 Å². The van der Waals surface area contributed by atoms with Gasteiger partial charge in [-0.2, -0.15) is 13.9 Å². The molecular weight excluding hydrogens is 342 g/mol. The Labute approximate surface area is 131 Å². The van der Waals surface area contributed by atoms with Gasteiger partial charge in [-0.3, -0.25) is 14.9 Å². The highest BCUT2D eigenvalue weighted by Crippen LogP contribution is 2.33. The van der Waals surface area contributed by atoms with E-state index in [4.69, 9.17) is 17.3 Å². The SMILES string of the molecule is Cn1nc(-n2ncc([N+](=O)[O-])c2CC(N)=O)c(Cl)c1OC(F)F. The van der Waals surface area contributed by atoms with Crippen LogP contribution in [0.25, 0.3) is 5.82 Å². The van der Waals surface area contributed by atoms with E-state index in [-0.39, 0.29) is 16.5 Å². The predicted molar refractivity (Wildman–Crippen MR) is 71.5 cm³/mol. The molecule has 2 N–H and O–H groups in total. The molecule has 0 aliphatic heterocycles. The van der Waals surface area contributed by atoms with Gasteiger partial charge in [-0.25, -0.2) is 9.36 Å². The lowest BCUT2D eigenvalue weighted by molar-refractivity contribution is -0.385. The zero-order valence-electron chi connectivity index (χ0n) is 11.4. The number of carbonyl (C=O) groups is 1. The van der Waals surface area contributed by atoms with Crippen molar-refractivity contribution in [2.24, 2.45) is 12.8 Å². The monoisotopic (exact) mass is 350 g/mol. The number of amides is 1. The summed E-state index contributed by atoms with van der Waals surface area (Å²) in [5.74, 6) is -1.53. The smallest absolute Gasteiger partial charge is 0.388 e. The Morgan fingerprint density at radius 3 is 2.78 bits per heavy atom. The van der Waals surface area contributed by atoms with Crippen molar-refractivity contribution in [1.29, 1.82) is 0 Å². The molecular formula is C10H9ClF2N6O4. The predicted octanol–water partition coefficient (Wildman–Crippen LogP) is 0.797. The molecule has 124 valence electrons. The van der Waals surface area contributed by atoms with Crippen LogP contribution in [-0.2, 0) is 18.3 Å². The second-order valence-corrected chi connectivity index (χ2v) is 4.61. The van der Waals surface area contributed by atoms with Gasteiger partial charge in [-0.1, -0.05) is 11.6 Å². The van der Waals surface area contributed by atoms with E-state index in [0.717, 1.165) is 15.6 Å². The number of aryl methyl sites for hydroxylation is 1. The van der Waals surface area contributed by atoms with Crippen LogP contribution in [0.1, 0.15) is 5.69 Å². The van der Waals surface area contributed by atoms with Crippen LogP contribution in [-0.4, -0.2) is 37.0 Å². The highest BCUT2D eigenvalue weighted by Gasteiger charge is 2.28. The average Bonchev–Trinajstić information content (AvgIpc) is 2.94. The maximum Gasteiger partial charge on any atom is 0.388 e. The van der Waals surface area contributed by atoms with E-state index in [9.17, 15) is 23.7 Å². The van der Waals surface area contributed by atoms with E-state index in [1.807, 2.05) is 0 Å². The second-order valence-electron chi connectivity index (χ2n) is 4.23. The number of hydrogen-bond acceptors (Lipinski definition) is 6. The van der Waals surface area contributed by atoms with Gasteiger partial charge in [0.15, 0.2) is 5.82 Å². The molecule has 0 radical (unpaired) electrons. The Kier molecular flexibility index (Phi) is 4.45. The van der Waals surface area contributed by atoms with Crippen LogP contribution >= 0.6 is 11.6 Å². The molecule has 0 bridgehead atoms. The zero-order valence-corrected chi connectivity index (χ0v) is 12.2. The molecule has 0 atom stereocenters. The topological polar surface area (TPSA) is 131 Å². The van der Waals surface area contributed by atoms with Crippen molar-refractivity contribution in [3.05, 3.63) is 27.0 Å². The maximum absolute atomic E-state index is 12.4. The first-order chi connectivity index (χ1) is 10.7. The molecule has 2 aromatic heterocycles. The highest BCUT2D eigenvalue weighted by molar-refractivity contribution is 6.33. The van der Waals surface area contributed by atoms with Crippen LogP contribution in [0.5, 0.6) is 5.88 Å². The van der Waals surface area contributed by atoms with Crippen LogP contribution in [0.15, 0.2) is 6.20 Å². The van der Waals surface area contributed by atoms with Crippen molar-refractivity contribution in [3.8, 4) is 11.7 Å². The Morgan fingerprint density at radius 2 is 2.26 bits per heavy atom. The molecule has 13 heteroatoms. The van der Waals surface area contributed by atoms with Gasteiger partial charge in [0.25, 0.3) is 0 Å². The van der Waals surface area contributed by atoms with E-state index < -0.39 is 35.4 Å². The van der Waals surface area contributed by atoms with Gasteiger partial charge in [0.05, 0.1) is 11.3 Å². The van der Waals surface area contributed by atoms with Crippen LogP contribution in [0, 0.1) is 10.1 Å². The summed E-state index contributed by atoms with van der Waals surface area (Å²) >= 11 is 5.92. The number of nitrogens with zero attached hydrogens (tertiary/aromatic N) is 5. The van der Waals surface area contributed by atoms with Gasteiger partial charge in [0, 0.05) is 7.05 Å². The lowest BCUT2D eigenvalue weighted by atomic mass is 10.2. The largest absolute Gasteiger partial charge is 0.415 e. The summed E-state index contributed by atoms with van der Waals surface area (Å²) in [5.41, 5.74) is 4.38. The van der Waals surface area contributed by atoms with E-state index in [1.54, 1.807) is 0 Å². The second kappa shape index (κ2) is 6.16. The summed E-state index contributed by atoms with van der Waals surface area (Å²) in [6, 6.07) is 0. The summed E-state index contributed by atoms with van der Waals surface area (Å²) in [4.78, 5) is 21.3. The Bertz CT molecular complexity index is 774. The molecule has 0 saturated carbocycles. The van der Waals surface area contributed by atoms with Gasteiger partial charge in [0.1, 0.15) is 16.9 Å². The number of carbonyl (C=O) groups excluding carboxylic acids is 1. The van der Waals surface area contributed by atoms with Gasteiger partial charge >= 0.3 is 12.3 Å². The Morgan fingerprint density at radius 1 is 1.61 bits per heavy atom. The third kappa shape index (κ3) is 3.21. The molecule has 0 fully saturated rings. The highest BCUT2D eigenvalue weighted by atomic mass is 35.5. The number of rotatable bonds is 6. The first-order valence-electron chi connectivity index (χ1n) is 5.89. The van der Waals surface area contributed by atoms with Gasteiger partial charge in [-0.05, 0) is 0 Å². The van der Waals surface area contributed by atoms with Crippen molar-refractivity contribution in [2.45, 2.75) is 13.0 Å². The van der Waals surface area contributed by atoms with Crippen LogP contribution in [0.4, 0.5) is 14.5 Å². The number of aromatic nitrogens is 4. The molecule has 0 aliphatic carbocycles. The fourth-order valence-electron chi connectivity index (χ4n) is 1.85. The number of nitro groups is 1. The quantitative estimate of drug-likeness (QED) is 0.605. The minimum absolute atomic E-state index is 0.189. The minimum Gasteiger partial charge on any atom is -0.415 e. The number of primary amides is 1. The average molecular weight is 351 g/mol. The standard InChI is InChI=1S/C10H9ClF2N6O4/c1-17-9(23-10(12)13)7(11)8(16-17)18-4(2-6(14)20)5(3-15-18)19(21)22/h3,10H,2H2,1H3,(H2,14,20). The number of nitrogens with two attached hydrogens (primary N) is 1. The Hall–Kier alpha value is -2.76. The van der Waals surface area contributed by atoms with Crippen molar-refractivity contribution in [2.75, 3.05) is 0 Å². The summed E-state index contributed by atoms with van der Waals surface area (Å²) in [5, 5.41) is 18.2.